The lowest BCUT2D eigenvalue weighted by Crippen LogP contribution is -2.33. The van der Waals surface area contributed by atoms with Crippen molar-refractivity contribution < 1.29 is 15.0 Å². The van der Waals surface area contributed by atoms with E-state index in [1.54, 1.807) is 24.3 Å². The number of aliphatic hydroxyl groups excluding tert-OH is 2. The fourth-order valence-electron chi connectivity index (χ4n) is 2.33. The van der Waals surface area contributed by atoms with Gasteiger partial charge in [-0.25, -0.2) is 0 Å². The number of nitrogens with one attached hydrogen (secondary N) is 1. The van der Waals surface area contributed by atoms with Crippen LogP contribution in [0.15, 0.2) is 24.3 Å². The van der Waals surface area contributed by atoms with E-state index < -0.39 is 6.10 Å². The van der Waals surface area contributed by atoms with Crippen molar-refractivity contribution >= 4 is 17.5 Å². The van der Waals surface area contributed by atoms with E-state index >= 15 is 0 Å². The van der Waals surface area contributed by atoms with Gasteiger partial charge in [0.15, 0.2) is 0 Å². The summed E-state index contributed by atoms with van der Waals surface area (Å²) in [6, 6.07) is 6.73. The second kappa shape index (κ2) is 5.69. The van der Waals surface area contributed by atoms with Crippen LogP contribution in [0.2, 0.25) is 5.02 Å². The molecule has 0 heterocycles. The van der Waals surface area contributed by atoms with E-state index in [1.807, 2.05) is 0 Å². The van der Waals surface area contributed by atoms with Gasteiger partial charge in [0.1, 0.15) is 0 Å². The zero-order valence-electron chi connectivity index (χ0n) is 9.84. The molecule has 98 valence electrons. The molecule has 5 heteroatoms. The number of amides is 1. The molecule has 1 aliphatic rings. The van der Waals surface area contributed by atoms with Crippen molar-refractivity contribution in [2.75, 3.05) is 6.61 Å². The molecule has 0 radical (unpaired) electrons. The normalized spacial score (nSPS) is 27.2. The summed E-state index contributed by atoms with van der Waals surface area (Å²) in [4.78, 5) is 12.0. The molecule has 4 nitrogen and oxygen atoms in total. The van der Waals surface area contributed by atoms with Gasteiger partial charge in [-0.2, -0.15) is 0 Å². The van der Waals surface area contributed by atoms with Crippen molar-refractivity contribution in [3.63, 3.8) is 0 Å². The first kappa shape index (κ1) is 13.3. The number of carbonyl (C=O) groups is 1. The maximum Gasteiger partial charge on any atom is 0.253 e. The molecule has 1 saturated carbocycles. The van der Waals surface area contributed by atoms with Crippen LogP contribution in [0, 0.1) is 5.92 Å². The molecule has 0 unspecified atom stereocenters. The molecular formula is C13H16ClNO3. The smallest absolute Gasteiger partial charge is 0.253 e. The molecule has 0 bridgehead atoms. The fraction of sp³-hybridized carbons (Fsp3) is 0.462. The number of carbonyl (C=O) groups excluding carboxylic acids is 1. The van der Waals surface area contributed by atoms with Crippen molar-refractivity contribution in [2.45, 2.75) is 25.0 Å². The molecule has 0 saturated heterocycles. The van der Waals surface area contributed by atoms with Crippen LogP contribution in [0.1, 0.15) is 23.2 Å². The average Bonchev–Trinajstić information content (AvgIpc) is 2.69. The van der Waals surface area contributed by atoms with Crippen molar-refractivity contribution in [3.8, 4) is 0 Å². The van der Waals surface area contributed by atoms with E-state index in [2.05, 4.69) is 5.32 Å². The van der Waals surface area contributed by atoms with Crippen LogP contribution in [-0.4, -0.2) is 34.9 Å². The quantitative estimate of drug-likeness (QED) is 0.772. The summed E-state index contributed by atoms with van der Waals surface area (Å²) in [5.41, 5.74) is 0.432. The highest BCUT2D eigenvalue weighted by Crippen LogP contribution is 2.26. The number of aliphatic hydroxyl groups is 2. The highest BCUT2D eigenvalue weighted by Gasteiger charge is 2.33. The summed E-state index contributed by atoms with van der Waals surface area (Å²) in [6.45, 7) is -0.0559. The average molecular weight is 270 g/mol. The highest BCUT2D eigenvalue weighted by atomic mass is 35.5. The SMILES string of the molecule is O=C(N[C@H]1C[C@@H](CO)[C@@H](O)C1)c1ccccc1Cl. The van der Waals surface area contributed by atoms with Gasteiger partial charge < -0.3 is 15.5 Å². The van der Waals surface area contributed by atoms with E-state index in [4.69, 9.17) is 16.7 Å². The third-order valence-electron chi connectivity index (χ3n) is 3.35. The molecule has 1 aromatic rings. The first-order valence-electron chi connectivity index (χ1n) is 5.96. The van der Waals surface area contributed by atoms with Gasteiger partial charge in [0.2, 0.25) is 0 Å². The molecule has 18 heavy (non-hydrogen) atoms. The molecule has 0 aromatic heterocycles. The van der Waals surface area contributed by atoms with Crippen molar-refractivity contribution in [2.24, 2.45) is 5.92 Å². The van der Waals surface area contributed by atoms with Gasteiger partial charge in [-0.1, -0.05) is 23.7 Å². The predicted molar refractivity (Wildman–Crippen MR) is 68.5 cm³/mol. The van der Waals surface area contributed by atoms with E-state index in [-0.39, 0.29) is 24.5 Å². The van der Waals surface area contributed by atoms with Crippen LogP contribution >= 0.6 is 11.6 Å². The molecular weight excluding hydrogens is 254 g/mol. The molecule has 0 spiro atoms. The third kappa shape index (κ3) is 2.83. The Bertz CT molecular complexity index is 438. The summed E-state index contributed by atoms with van der Waals surface area (Å²) >= 11 is 5.94. The Kier molecular flexibility index (Phi) is 4.22. The van der Waals surface area contributed by atoms with Crippen molar-refractivity contribution in [3.05, 3.63) is 34.9 Å². The number of hydrogen-bond donors (Lipinski definition) is 3. The zero-order chi connectivity index (χ0) is 13.1. The monoisotopic (exact) mass is 269 g/mol. The fourth-order valence-corrected chi connectivity index (χ4v) is 2.55. The maximum atomic E-state index is 12.0. The second-order valence-corrected chi connectivity index (χ2v) is 5.04. The lowest BCUT2D eigenvalue weighted by atomic mass is 10.1. The minimum Gasteiger partial charge on any atom is -0.396 e. The molecule has 0 aliphatic heterocycles. The van der Waals surface area contributed by atoms with E-state index in [1.165, 1.54) is 0 Å². The Morgan fingerprint density at radius 1 is 1.39 bits per heavy atom. The summed E-state index contributed by atoms with van der Waals surface area (Å²) < 4.78 is 0. The van der Waals surface area contributed by atoms with Crippen LogP contribution in [0.3, 0.4) is 0 Å². The van der Waals surface area contributed by atoms with Gasteiger partial charge in [-0.15, -0.1) is 0 Å². The largest absolute Gasteiger partial charge is 0.396 e. The summed E-state index contributed by atoms with van der Waals surface area (Å²) in [6.07, 6.45) is 0.515. The van der Waals surface area contributed by atoms with Gasteiger partial charge in [-0.3, -0.25) is 4.79 Å². The number of halogens is 1. The zero-order valence-corrected chi connectivity index (χ0v) is 10.6. The third-order valence-corrected chi connectivity index (χ3v) is 3.68. The van der Waals surface area contributed by atoms with E-state index in [9.17, 15) is 9.90 Å². The van der Waals surface area contributed by atoms with Crippen LogP contribution in [0.5, 0.6) is 0 Å². The van der Waals surface area contributed by atoms with Gasteiger partial charge in [0, 0.05) is 18.6 Å². The summed E-state index contributed by atoms with van der Waals surface area (Å²) in [5, 5.41) is 22.0. The Balaban J connectivity index is 1.99. The Labute approximate surface area is 111 Å². The van der Waals surface area contributed by atoms with Crippen LogP contribution in [-0.2, 0) is 0 Å². The van der Waals surface area contributed by atoms with E-state index in [0.717, 1.165) is 0 Å². The van der Waals surface area contributed by atoms with Crippen LogP contribution in [0.4, 0.5) is 0 Å². The number of benzene rings is 1. The first-order chi connectivity index (χ1) is 8.61. The van der Waals surface area contributed by atoms with Gasteiger partial charge in [-0.05, 0) is 25.0 Å². The minimum absolute atomic E-state index is 0.0559. The maximum absolute atomic E-state index is 12.0. The molecule has 1 amide bonds. The second-order valence-electron chi connectivity index (χ2n) is 4.63. The van der Waals surface area contributed by atoms with Crippen LogP contribution in [0.25, 0.3) is 0 Å². The standard InChI is InChI=1S/C13H16ClNO3/c14-11-4-2-1-3-10(11)13(18)15-9-5-8(7-16)12(17)6-9/h1-4,8-9,12,16-17H,5-7H2,(H,15,18)/t8-,9-,12-/m0/s1. The molecule has 3 N–H and O–H groups in total. The molecule has 2 rings (SSSR count). The van der Waals surface area contributed by atoms with Crippen molar-refractivity contribution in [1.29, 1.82) is 0 Å². The van der Waals surface area contributed by atoms with Gasteiger partial charge >= 0.3 is 0 Å². The molecule has 1 aromatic carbocycles. The Hall–Kier alpha value is -1.10. The number of rotatable bonds is 3. The Morgan fingerprint density at radius 3 is 2.72 bits per heavy atom. The molecule has 3 atom stereocenters. The minimum atomic E-state index is -0.549. The van der Waals surface area contributed by atoms with Crippen molar-refractivity contribution in [1.82, 2.24) is 5.32 Å². The first-order valence-corrected chi connectivity index (χ1v) is 6.34. The lowest BCUT2D eigenvalue weighted by Gasteiger charge is -2.13. The topological polar surface area (TPSA) is 69.6 Å². The lowest BCUT2D eigenvalue weighted by molar-refractivity contribution is 0.0903. The molecule has 1 aliphatic carbocycles. The summed E-state index contributed by atoms with van der Waals surface area (Å²) in [5.74, 6) is -0.391. The Morgan fingerprint density at radius 2 is 2.11 bits per heavy atom. The van der Waals surface area contributed by atoms with Crippen LogP contribution < -0.4 is 5.32 Å². The number of hydrogen-bond acceptors (Lipinski definition) is 3. The predicted octanol–water partition coefficient (Wildman–Crippen LogP) is 1.20. The highest BCUT2D eigenvalue weighted by molar-refractivity contribution is 6.33. The summed E-state index contributed by atoms with van der Waals surface area (Å²) in [7, 11) is 0. The van der Waals surface area contributed by atoms with E-state index in [0.29, 0.717) is 23.4 Å². The molecule has 1 fully saturated rings. The van der Waals surface area contributed by atoms with Gasteiger partial charge in [0.25, 0.3) is 5.91 Å². The van der Waals surface area contributed by atoms with Gasteiger partial charge in [0.05, 0.1) is 16.7 Å².